The lowest BCUT2D eigenvalue weighted by Crippen LogP contribution is -2.25. The number of amides is 1. The van der Waals surface area contributed by atoms with Gasteiger partial charge in [-0.3, -0.25) is 4.79 Å². The molecular formula is C18H22N2O3S. The second-order valence-electron chi connectivity index (χ2n) is 5.93. The molecule has 0 radical (unpaired) electrons. The van der Waals surface area contributed by atoms with Crippen LogP contribution < -0.4 is 5.32 Å². The molecule has 1 aromatic heterocycles. The molecule has 0 saturated heterocycles. The van der Waals surface area contributed by atoms with Crippen LogP contribution in [0.1, 0.15) is 52.8 Å². The Balaban J connectivity index is 1.70. The van der Waals surface area contributed by atoms with Crippen molar-refractivity contribution in [3.8, 4) is 0 Å². The average Bonchev–Trinajstić information content (AvgIpc) is 3.02. The number of rotatable bonds is 8. The molecule has 24 heavy (non-hydrogen) atoms. The number of aryl methyl sites for hydroxylation is 1. The Morgan fingerprint density at radius 3 is 2.50 bits per heavy atom. The van der Waals surface area contributed by atoms with Gasteiger partial charge in [-0.15, -0.1) is 11.3 Å². The molecule has 0 atom stereocenters. The van der Waals surface area contributed by atoms with Crippen molar-refractivity contribution in [1.29, 1.82) is 0 Å². The van der Waals surface area contributed by atoms with E-state index < -0.39 is 5.97 Å². The quantitative estimate of drug-likeness (QED) is 0.769. The van der Waals surface area contributed by atoms with Gasteiger partial charge in [0.2, 0.25) is 5.91 Å². The number of nitrogens with one attached hydrogen (secondary N) is 1. The van der Waals surface area contributed by atoms with Crippen LogP contribution in [0.4, 0.5) is 0 Å². The Kier molecular flexibility index (Phi) is 6.49. The number of carboxylic acids is 1. The van der Waals surface area contributed by atoms with Gasteiger partial charge in [-0.1, -0.05) is 26.0 Å². The highest BCUT2D eigenvalue weighted by molar-refractivity contribution is 7.09. The molecular weight excluding hydrogens is 324 g/mol. The second-order valence-corrected chi connectivity index (χ2v) is 6.82. The minimum Gasteiger partial charge on any atom is -0.478 e. The summed E-state index contributed by atoms with van der Waals surface area (Å²) in [6.07, 6.45) is 1.73. The van der Waals surface area contributed by atoms with E-state index >= 15 is 0 Å². The molecule has 6 heteroatoms. The first-order valence-electron chi connectivity index (χ1n) is 7.99. The summed E-state index contributed by atoms with van der Waals surface area (Å²) in [6.45, 7) is 4.82. The summed E-state index contributed by atoms with van der Waals surface area (Å²) in [5.74, 6) is -0.510. The van der Waals surface area contributed by atoms with Crippen molar-refractivity contribution in [2.75, 3.05) is 6.54 Å². The first kappa shape index (κ1) is 18.1. The number of hydrogen-bond acceptors (Lipinski definition) is 4. The molecule has 0 aliphatic rings. The zero-order chi connectivity index (χ0) is 17.5. The van der Waals surface area contributed by atoms with Crippen LogP contribution in [0.15, 0.2) is 29.6 Å². The number of hydrogen-bond donors (Lipinski definition) is 2. The van der Waals surface area contributed by atoms with Crippen molar-refractivity contribution >= 4 is 23.2 Å². The maximum absolute atomic E-state index is 11.9. The third kappa shape index (κ3) is 5.45. The van der Waals surface area contributed by atoms with Crippen LogP contribution in [0, 0.1) is 0 Å². The summed E-state index contributed by atoms with van der Waals surface area (Å²) >= 11 is 1.66. The molecule has 0 aliphatic carbocycles. The van der Waals surface area contributed by atoms with Crippen LogP contribution >= 0.6 is 11.3 Å². The van der Waals surface area contributed by atoms with Crippen molar-refractivity contribution in [3.05, 3.63) is 51.5 Å². The molecule has 0 aliphatic heterocycles. The van der Waals surface area contributed by atoms with E-state index in [4.69, 9.17) is 5.11 Å². The zero-order valence-electron chi connectivity index (χ0n) is 13.9. The Morgan fingerprint density at radius 2 is 1.92 bits per heavy atom. The Hall–Kier alpha value is -2.21. The highest BCUT2D eigenvalue weighted by Gasteiger charge is 2.07. The number of carbonyl (C=O) groups is 2. The summed E-state index contributed by atoms with van der Waals surface area (Å²) in [6, 6.07) is 6.62. The number of carboxylic acid groups (broad SMARTS) is 1. The molecule has 2 aromatic rings. The van der Waals surface area contributed by atoms with Gasteiger partial charge in [0, 0.05) is 30.7 Å². The molecule has 0 saturated carbocycles. The van der Waals surface area contributed by atoms with E-state index in [0.29, 0.717) is 25.3 Å². The van der Waals surface area contributed by atoms with E-state index in [-0.39, 0.29) is 11.5 Å². The van der Waals surface area contributed by atoms with Crippen molar-refractivity contribution in [3.63, 3.8) is 0 Å². The molecule has 0 bridgehead atoms. The van der Waals surface area contributed by atoms with E-state index in [1.807, 2.05) is 5.38 Å². The fraction of sp³-hybridized carbons (Fsp3) is 0.389. The lowest BCUT2D eigenvalue weighted by atomic mass is 10.1. The van der Waals surface area contributed by atoms with Gasteiger partial charge in [-0.05, 0) is 24.1 Å². The SMILES string of the molecule is CC(C)c1nc(CCNC(=O)CCc2ccc(C(=O)O)cc2)cs1. The minimum atomic E-state index is -0.943. The summed E-state index contributed by atoms with van der Waals surface area (Å²) < 4.78 is 0. The third-order valence-electron chi connectivity index (χ3n) is 3.61. The molecule has 1 aromatic carbocycles. The fourth-order valence-electron chi connectivity index (χ4n) is 2.19. The normalized spacial score (nSPS) is 10.8. The topological polar surface area (TPSA) is 79.3 Å². The van der Waals surface area contributed by atoms with E-state index in [0.717, 1.165) is 22.7 Å². The molecule has 0 unspecified atom stereocenters. The highest BCUT2D eigenvalue weighted by atomic mass is 32.1. The first-order valence-corrected chi connectivity index (χ1v) is 8.87. The van der Waals surface area contributed by atoms with Crippen molar-refractivity contribution < 1.29 is 14.7 Å². The van der Waals surface area contributed by atoms with Crippen LogP contribution in [0.2, 0.25) is 0 Å². The first-order chi connectivity index (χ1) is 11.5. The number of thiazole rings is 1. The zero-order valence-corrected chi connectivity index (χ0v) is 14.7. The second kappa shape index (κ2) is 8.59. The van der Waals surface area contributed by atoms with E-state index in [2.05, 4.69) is 24.1 Å². The summed E-state index contributed by atoms with van der Waals surface area (Å²) in [4.78, 5) is 27.2. The van der Waals surface area contributed by atoms with Gasteiger partial charge in [-0.25, -0.2) is 9.78 Å². The lowest BCUT2D eigenvalue weighted by molar-refractivity contribution is -0.121. The van der Waals surface area contributed by atoms with E-state index in [9.17, 15) is 9.59 Å². The van der Waals surface area contributed by atoms with Gasteiger partial charge in [0.05, 0.1) is 16.3 Å². The molecule has 2 rings (SSSR count). The van der Waals surface area contributed by atoms with Crippen LogP contribution in [0.3, 0.4) is 0 Å². The smallest absolute Gasteiger partial charge is 0.335 e. The number of aromatic nitrogens is 1. The van der Waals surface area contributed by atoms with Crippen molar-refractivity contribution in [2.45, 2.75) is 39.0 Å². The van der Waals surface area contributed by atoms with Crippen LogP contribution in [0.25, 0.3) is 0 Å². The summed E-state index contributed by atoms with van der Waals surface area (Å²) in [7, 11) is 0. The van der Waals surface area contributed by atoms with Crippen LogP contribution in [-0.4, -0.2) is 28.5 Å². The largest absolute Gasteiger partial charge is 0.478 e. The number of nitrogens with zero attached hydrogens (tertiary/aromatic N) is 1. The van der Waals surface area contributed by atoms with Crippen molar-refractivity contribution in [2.24, 2.45) is 0 Å². The highest BCUT2D eigenvalue weighted by Crippen LogP contribution is 2.19. The molecule has 0 spiro atoms. The number of aromatic carboxylic acids is 1. The van der Waals surface area contributed by atoms with Crippen molar-refractivity contribution in [1.82, 2.24) is 10.3 Å². The number of carbonyl (C=O) groups excluding carboxylic acids is 1. The molecule has 1 heterocycles. The molecule has 1 amide bonds. The Morgan fingerprint density at radius 1 is 1.21 bits per heavy atom. The average molecular weight is 346 g/mol. The van der Waals surface area contributed by atoms with Gasteiger partial charge >= 0.3 is 5.97 Å². The molecule has 128 valence electrons. The predicted molar refractivity (Wildman–Crippen MR) is 94.6 cm³/mol. The lowest BCUT2D eigenvalue weighted by Gasteiger charge is -2.05. The van der Waals surface area contributed by atoms with Crippen LogP contribution in [-0.2, 0) is 17.6 Å². The van der Waals surface area contributed by atoms with Crippen LogP contribution in [0.5, 0.6) is 0 Å². The van der Waals surface area contributed by atoms with Gasteiger partial charge < -0.3 is 10.4 Å². The molecule has 5 nitrogen and oxygen atoms in total. The fourth-order valence-corrected chi connectivity index (χ4v) is 3.06. The maximum atomic E-state index is 11.9. The monoisotopic (exact) mass is 346 g/mol. The minimum absolute atomic E-state index is 0.00313. The predicted octanol–water partition coefficient (Wildman–Crippen LogP) is 3.26. The Bertz CT molecular complexity index is 693. The third-order valence-corrected chi connectivity index (χ3v) is 4.80. The maximum Gasteiger partial charge on any atom is 0.335 e. The number of benzene rings is 1. The van der Waals surface area contributed by atoms with E-state index in [1.165, 1.54) is 0 Å². The standard InChI is InChI=1S/C18H22N2O3S/c1-12(2)17-20-15(11-24-17)9-10-19-16(21)8-5-13-3-6-14(7-4-13)18(22)23/h3-4,6-7,11-12H,5,8-10H2,1-2H3,(H,19,21)(H,22,23). The summed E-state index contributed by atoms with van der Waals surface area (Å²) in [5.41, 5.74) is 2.23. The van der Waals surface area contributed by atoms with Gasteiger partial charge in [0.25, 0.3) is 0 Å². The Labute approximate surface area is 145 Å². The van der Waals surface area contributed by atoms with Gasteiger partial charge in [-0.2, -0.15) is 0 Å². The molecule has 2 N–H and O–H groups in total. The molecule has 0 fully saturated rings. The van der Waals surface area contributed by atoms with Gasteiger partial charge in [0.1, 0.15) is 0 Å². The van der Waals surface area contributed by atoms with Gasteiger partial charge in [0.15, 0.2) is 0 Å². The van der Waals surface area contributed by atoms with E-state index in [1.54, 1.807) is 35.6 Å². The summed E-state index contributed by atoms with van der Waals surface area (Å²) in [5, 5.41) is 14.9.